The quantitative estimate of drug-likeness (QED) is 0.803. The van der Waals surface area contributed by atoms with Crippen molar-refractivity contribution in [1.29, 1.82) is 0 Å². The first-order valence-corrected chi connectivity index (χ1v) is 6.00. The Morgan fingerprint density at radius 1 is 1.50 bits per heavy atom. The molecule has 0 unspecified atom stereocenters. The number of fused-ring (bicyclic) bond motifs is 1. The molecule has 1 aromatic heterocycles. The maximum Gasteiger partial charge on any atom is 0.346 e. The molecule has 0 atom stereocenters. The van der Waals surface area contributed by atoms with E-state index < -0.39 is 5.97 Å². The van der Waals surface area contributed by atoms with Crippen molar-refractivity contribution in [3.05, 3.63) is 28.6 Å². The van der Waals surface area contributed by atoms with Gasteiger partial charge in [-0.3, -0.25) is 0 Å². The molecule has 0 radical (unpaired) electrons. The molecule has 4 heteroatoms. The van der Waals surface area contributed by atoms with Gasteiger partial charge in [-0.2, -0.15) is 0 Å². The van der Waals surface area contributed by atoms with E-state index in [9.17, 15) is 4.79 Å². The zero-order valence-corrected chi connectivity index (χ0v) is 9.80. The molecule has 3 N–H and O–H groups in total. The maximum absolute atomic E-state index is 11.1. The topological polar surface area (TPSA) is 63.3 Å². The van der Waals surface area contributed by atoms with Crippen molar-refractivity contribution >= 4 is 33.1 Å². The highest BCUT2D eigenvalue weighted by atomic mass is 32.1. The summed E-state index contributed by atoms with van der Waals surface area (Å²) in [7, 11) is 0. The third-order valence-electron chi connectivity index (χ3n) is 2.54. The molecule has 3 nitrogen and oxygen atoms in total. The number of benzene rings is 1. The lowest BCUT2D eigenvalue weighted by Crippen LogP contribution is -1.97. The molecule has 1 aromatic carbocycles. The average Bonchev–Trinajstić information content (AvgIpc) is 2.60. The number of carboxylic acids is 1. The van der Waals surface area contributed by atoms with Crippen LogP contribution in [0.4, 0.5) is 5.69 Å². The van der Waals surface area contributed by atoms with Gasteiger partial charge in [-0.05, 0) is 23.4 Å². The minimum Gasteiger partial charge on any atom is -0.477 e. The summed E-state index contributed by atoms with van der Waals surface area (Å²) in [5.41, 5.74) is 7.43. The lowest BCUT2D eigenvalue weighted by Gasteiger charge is -1.99. The SMILES string of the molecule is CCCc1c(C(=O)O)sc2c(N)cccc12. The van der Waals surface area contributed by atoms with Gasteiger partial charge < -0.3 is 10.8 Å². The molecule has 0 saturated heterocycles. The first-order valence-electron chi connectivity index (χ1n) is 5.18. The van der Waals surface area contributed by atoms with Crippen LogP contribution in [0.1, 0.15) is 28.6 Å². The second-order valence-electron chi connectivity index (χ2n) is 3.69. The smallest absolute Gasteiger partial charge is 0.346 e. The van der Waals surface area contributed by atoms with Crippen LogP contribution >= 0.6 is 11.3 Å². The number of anilines is 1. The molecule has 0 amide bonds. The van der Waals surface area contributed by atoms with Crippen molar-refractivity contribution in [1.82, 2.24) is 0 Å². The van der Waals surface area contributed by atoms with Crippen LogP contribution in [-0.2, 0) is 6.42 Å². The van der Waals surface area contributed by atoms with E-state index in [1.165, 1.54) is 11.3 Å². The molecule has 0 aliphatic rings. The third kappa shape index (κ3) is 1.65. The fraction of sp³-hybridized carbons (Fsp3) is 0.250. The van der Waals surface area contributed by atoms with Crippen LogP contribution in [-0.4, -0.2) is 11.1 Å². The second kappa shape index (κ2) is 4.14. The highest BCUT2D eigenvalue weighted by Gasteiger charge is 2.17. The number of thiophene rings is 1. The van der Waals surface area contributed by atoms with Crippen LogP contribution in [0.15, 0.2) is 18.2 Å². The molecule has 0 fully saturated rings. The molecular formula is C12H13NO2S. The predicted octanol–water partition coefficient (Wildman–Crippen LogP) is 3.13. The summed E-state index contributed by atoms with van der Waals surface area (Å²) >= 11 is 1.27. The number of nitrogens with two attached hydrogens (primary N) is 1. The molecule has 1 heterocycles. The Hall–Kier alpha value is -1.55. The highest BCUT2D eigenvalue weighted by Crippen LogP contribution is 2.35. The van der Waals surface area contributed by atoms with E-state index in [-0.39, 0.29) is 0 Å². The Morgan fingerprint density at radius 2 is 2.25 bits per heavy atom. The monoisotopic (exact) mass is 235 g/mol. The Labute approximate surface area is 97.5 Å². The van der Waals surface area contributed by atoms with Crippen LogP contribution in [0, 0.1) is 0 Å². The summed E-state index contributed by atoms with van der Waals surface area (Å²) in [6, 6.07) is 5.62. The number of carboxylic acid groups (broad SMARTS) is 1. The Bertz CT molecular complexity index is 545. The average molecular weight is 235 g/mol. The number of aryl methyl sites for hydroxylation is 1. The van der Waals surface area contributed by atoms with E-state index in [4.69, 9.17) is 10.8 Å². The summed E-state index contributed by atoms with van der Waals surface area (Å²) in [5, 5.41) is 10.1. The van der Waals surface area contributed by atoms with Crippen molar-refractivity contribution in [2.24, 2.45) is 0 Å². The molecule has 2 aromatic rings. The summed E-state index contributed by atoms with van der Waals surface area (Å²) < 4.78 is 0.892. The Balaban J connectivity index is 2.75. The molecule has 0 saturated carbocycles. The Morgan fingerprint density at radius 3 is 2.88 bits per heavy atom. The molecule has 84 valence electrons. The zero-order valence-electron chi connectivity index (χ0n) is 8.99. The molecule has 0 aliphatic heterocycles. The van der Waals surface area contributed by atoms with Gasteiger partial charge in [0.2, 0.25) is 0 Å². The van der Waals surface area contributed by atoms with Crippen molar-refractivity contribution in [3.8, 4) is 0 Å². The van der Waals surface area contributed by atoms with E-state index in [1.54, 1.807) is 6.07 Å². The number of hydrogen-bond donors (Lipinski definition) is 2. The zero-order chi connectivity index (χ0) is 11.7. The number of nitrogen functional groups attached to an aromatic ring is 1. The van der Waals surface area contributed by atoms with E-state index in [0.717, 1.165) is 28.5 Å². The molecule has 2 rings (SSSR count). The van der Waals surface area contributed by atoms with Gasteiger partial charge in [0, 0.05) is 5.69 Å². The Kier molecular flexibility index (Phi) is 2.83. The van der Waals surface area contributed by atoms with Crippen molar-refractivity contribution in [2.45, 2.75) is 19.8 Å². The summed E-state index contributed by atoms with van der Waals surface area (Å²) in [4.78, 5) is 11.6. The van der Waals surface area contributed by atoms with Crippen LogP contribution in [0.25, 0.3) is 10.1 Å². The molecule has 0 bridgehead atoms. The molecule has 0 aliphatic carbocycles. The van der Waals surface area contributed by atoms with Gasteiger partial charge in [-0.1, -0.05) is 25.5 Å². The first kappa shape index (κ1) is 11.0. The summed E-state index contributed by atoms with van der Waals surface area (Å²) in [6.45, 7) is 2.04. The van der Waals surface area contributed by atoms with Gasteiger partial charge in [0.25, 0.3) is 0 Å². The number of aromatic carboxylic acids is 1. The van der Waals surface area contributed by atoms with Gasteiger partial charge in [0.1, 0.15) is 4.88 Å². The predicted molar refractivity (Wildman–Crippen MR) is 67.2 cm³/mol. The highest BCUT2D eigenvalue weighted by molar-refractivity contribution is 7.21. The van der Waals surface area contributed by atoms with Crippen LogP contribution in [0.5, 0.6) is 0 Å². The largest absolute Gasteiger partial charge is 0.477 e. The number of hydrogen-bond acceptors (Lipinski definition) is 3. The van der Waals surface area contributed by atoms with Gasteiger partial charge in [0.05, 0.1) is 4.70 Å². The summed E-state index contributed by atoms with van der Waals surface area (Å²) in [5.74, 6) is -0.857. The van der Waals surface area contributed by atoms with Gasteiger partial charge in [0.15, 0.2) is 0 Å². The minimum atomic E-state index is -0.857. The van der Waals surface area contributed by atoms with E-state index >= 15 is 0 Å². The maximum atomic E-state index is 11.1. The van der Waals surface area contributed by atoms with Crippen LogP contribution in [0.3, 0.4) is 0 Å². The van der Waals surface area contributed by atoms with Crippen LogP contribution < -0.4 is 5.73 Å². The fourth-order valence-corrected chi connectivity index (χ4v) is 2.98. The molecule has 0 spiro atoms. The number of carbonyl (C=O) groups is 1. The van der Waals surface area contributed by atoms with E-state index in [1.807, 2.05) is 19.1 Å². The normalized spacial score (nSPS) is 10.8. The van der Waals surface area contributed by atoms with E-state index in [2.05, 4.69) is 0 Å². The van der Waals surface area contributed by atoms with E-state index in [0.29, 0.717) is 10.6 Å². The third-order valence-corrected chi connectivity index (χ3v) is 3.83. The standard InChI is InChI=1S/C12H13NO2S/c1-2-4-7-8-5-3-6-9(13)10(8)16-11(7)12(14)15/h3,5-6H,2,4,13H2,1H3,(H,14,15). The molecule has 16 heavy (non-hydrogen) atoms. The van der Waals surface area contributed by atoms with Gasteiger partial charge in [-0.15, -0.1) is 11.3 Å². The van der Waals surface area contributed by atoms with Crippen molar-refractivity contribution in [3.63, 3.8) is 0 Å². The molecular weight excluding hydrogens is 222 g/mol. The number of rotatable bonds is 3. The van der Waals surface area contributed by atoms with Crippen molar-refractivity contribution in [2.75, 3.05) is 5.73 Å². The minimum absolute atomic E-state index is 0.426. The van der Waals surface area contributed by atoms with Gasteiger partial charge in [-0.25, -0.2) is 4.79 Å². The lowest BCUT2D eigenvalue weighted by atomic mass is 10.1. The van der Waals surface area contributed by atoms with Gasteiger partial charge >= 0.3 is 5.97 Å². The second-order valence-corrected chi connectivity index (χ2v) is 4.71. The summed E-state index contributed by atoms with van der Waals surface area (Å²) in [6.07, 6.45) is 1.71. The van der Waals surface area contributed by atoms with Crippen molar-refractivity contribution < 1.29 is 9.90 Å². The first-order chi connectivity index (χ1) is 7.65. The fourth-order valence-electron chi connectivity index (χ4n) is 1.86. The van der Waals surface area contributed by atoms with Crippen LogP contribution in [0.2, 0.25) is 0 Å². The lowest BCUT2D eigenvalue weighted by molar-refractivity contribution is 0.0701.